The maximum atomic E-state index is 5.14. The van der Waals surface area contributed by atoms with Crippen molar-refractivity contribution in [3.05, 3.63) is 0 Å². The molecule has 1 aliphatic heterocycles. The first-order valence-electron chi connectivity index (χ1n) is 2.95. The Kier molecular flexibility index (Phi) is 4.14. The largest absolute Gasteiger partial charge is 0.379 e. The van der Waals surface area contributed by atoms with Crippen molar-refractivity contribution in [1.29, 1.82) is 0 Å². The molecule has 1 aliphatic rings. The summed E-state index contributed by atoms with van der Waals surface area (Å²) in [5.41, 5.74) is 10.3. The van der Waals surface area contributed by atoms with E-state index in [1.165, 1.54) is 0 Å². The first kappa shape index (κ1) is 9.52. The van der Waals surface area contributed by atoms with Gasteiger partial charge >= 0.3 is 0 Å². The van der Waals surface area contributed by atoms with Crippen molar-refractivity contribution in [1.82, 2.24) is 0 Å². The minimum Gasteiger partial charge on any atom is -0.379 e. The highest BCUT2D eigenvalue weighted by molar-refractivity contribution is 5.85. The summed E-state index contributed by atoms with van der Waals surface area (Å²) < 4.78 is 5.04. The molecule has 0 spiro atoms. The minimum absolute atomic E-state index is 0. The fourth-order valence-electron chi connectivity index (χ4n) is 0.835. The Morgan fingerprint density at radius 2 is 2.20 bits per heavy atom. The SMILES string of the molecule is Cl.NC(N)=NC1CCOC1. The van der Waals surface area contributed by atoms with Gasteiger partial charge in [0.25, 0.3) is 0 Å². The van der Waals surface area contributed by atoms with Crippen LogP contribution in [0.2, 0.25) is 0 Å². The number of nitrogens with zero attached hydrogens (tertiary/aromatic N) is 1. The molecule has 0 aliphatic carbocycles. The second kappa shape index (κ2) is 4.35. The van der Waals surface area contributed by atoms with Crippen LogP contribution in [0.5, 0.6) is 0 Å². The topological polar surface area (TPSA) is 73.6 Å². The molecule has 0 radical (unpaired) electrons. The molecule has 0 saturated carbocycles. The van der Waals surface area contributed by atoms with Crippen LogP contribution in [-0.4, -0.2) is 25.2 Å². The van der Waals surface area contributed by atoms with Crippen molar-refractivity contribution in [3.8, 4) is 0 Å². The van der Waals surface area contributed by atoms with E-state index in [1.807, 2.05) is 0 Å². The van der Waals surface area contributed by atoms with Crippen LogP contribution >= 0.6 is 12.4 Å². The number of ether oxygens (including phenoxy) is 1. The number of hydrogen-bond donors (Lipinski definition) is 2. The first-order valence-corrected chi connectivity index (χ1v) is 2.95. The van der Waals surface area contributed by atoms with E-state index in [4.69, 9.17) is 16.2 Å². The Morgan fingerprint density at radius 1 is 1.50 bits per heavy atom. The van der Waals surface area contributed by atoms with Crippen molar-refractivity contribution in [2.75, 3.05) is 13.2 Å². The smallest absolute Gasteiger partial charge is 0.186 e. The minimum atomic E-state index is 0. The van der Waals surface area contributed by atoms with Gasteiger partial charge in [0, 0.05) is 6.61 Å². The Labute approximate surface area is 66.0 Å². The zero-order valence-corrected chi connectivity index (χ0v) is 6.43. The number of guanidine groups is 1. The summed E-state index contributed by atoms with van der Waals surface area (Å²) in [6.45, 7) is 1.44. The Morgan fingerprint density at radius 3 is 2.60 bits per heavy atom. The van der Waals surface area contributed by atoms with Gasteiger partial charge in [0.2, 0.25) is 0 Å². The van der Waals surface area contributed by atoms with Crippen LogP contribution in [0, 0.1) is 0 Å². The fourth-order valence-corrected chi connectivity index (χ4v) is 0.835. The van der Waals surface area contributed by atoms with Crippen LogP contribution in [0.15, 0.2) is 4.99 Å². The summed E-state index contributed by atoms with van der Waals surface area (Å²) in [6.07, 6.45) is 0.942. The molecule has 0 aromatic rings. The monoisotopic (exact) mass is 165 g/mol. The van der Waals surface area contributed by atoms with E-state index in [0.717, 1.165) is 13.0 Å². The number of hydrogen-bond acceptors (Lipinski definition) is 2. The lowest BCUT2D eigenvalue weighted by atomic mass is 10.3. The molecule has 0 aromatic heterocycles. The van der Waals surface area contributed by atoms with E-state index in [1.54, 1.807) is 0 Å². The molecule has 1 fully saturated rings. The van der Waals surface area contributed by atoms with E-state index in [0.29, 0.717) is 6.61 Å². The van der Waals surface area contributed by atoms with Crippen LogP contribution in [0.3, 0.4) is 0 Å². The summed E-state index contributed by atoms with van der Waals surface area (Å²) in [6, 6.07) is 0.204. The molecule has 1 saturated heterocycles. The van der Waals surface area contributed by atoms with E-state index >= 15 is 0 Å². The second-order valence-corrected chi connectivity index (χ2v) is 2.07. The molecule has 5 heteroatoms. The van der Waals surface area contributed by atoms with E-state index in [2.05, 4.69) is 4.99 Å². The van der Waals surface area contributed by atoms with Gasteiger partial charge in [-0.3, -0.25) is 0 Å². The van der Waals surface area contributed by atoms with Crippen LogP contribution in [0.1, 0.15) is 6.42 Å². The molecule has 1 rings (SSSR count). The van der Waals surface area contributed by atoms with Gasteiger partial charge in [0.1, 0.15) is 0 Å². The molecule has 0 amide bonds. The van der Waals surface area contributed by atoms with Gasteiger partial charge in [-0.25, -0.2) is 4.99 Å². The zero-order chi connectivity index (χ0) is 6.69. The number of nitrogens with two attached hydrogens (primary N) is 2. The normalized spacial score (nSPS) is 23.4. The molecule has 1 unspecified atom stereocenters. The molecule has 10 heavy (non-hydrogen) atoms. The standard InChI is InChI=1S/C5H11N3O.ClH/c6-5(7)8-4-1-2-9-3-4;/h4H,1-3H2,(H4,6,7,8);1H. The molecule has 60 valence electrons. The van der Waals surface area contributed by atoms with Crippen molar-refractivity contribution in [2.45, 2.75) is 12.5 Å². The van der Waals surface area contributed by atoms with Crippen LogP contribution in [0.25, 0.3) is 0 Å². The third-order valence-electron chi connectivity index (χ3n) is 1.24. The third-order valence-corrected chi connectivity index (χ3v) is 1.24. The number of aliphatic imine (C=N–C) groups is 1. The highest BCUT2D eigenvalue weighted by Gasteiger charge is 2.13. The fraction of sp³-hybridized carbons (Fsp3) is 0.800. The van der Waals surface area contributed by atoms with E-state index in [-0.39, 0.29) is 24.4 Å². The van der Waals surface area contributed by atoms with E-state index in [9.17, 15) is 0 Å². The summed E-state index contributed by atoms with van der Waals surface area (Å²) in [5.74, 6) is 0.158. The molecule has 0 bridgehead atoms. The molecule has 1 atom stereocenters. The van der Waals surface area contributed by atoms with Gasteiger partial charge in [-0.05, 0) is 6.42 Å². The van der Waals surface area contributed by atoms with Gasteiger partial charge in [-0.1, -0.05) is 0 Å². The molecular weight excluding hydrogens is 154 g/mol. The average Bonchev–Trinajstić information content (AvgIpc) is 2.15. The third kappa shape index (κ3) is 2.89. The van der Waals surface area contributed by atoms with E-state index < -0.39 is 0 Å². The van der Waals surface area contributed by atoms with Crippen molar-refractivity contribution < 1.29 is 4.74 Å². The summed E-state index contributed by atoms with van der Waals surface area (Å²) in [4.78, 5) is 3.92. The first-order chi connectivity index (χ1) is 4.29. The second-order valence-electron chi connectivity index (χ2n) is 2.07. The number of halogens is 1. The molecule has 0 aromatic carbocycles. The predicted octanol–water partition coefficient (Wildman–Crippen LogP) is -0.530. The van der Waals surface area contributed by atoms with Gasteiger partial charge < -0.3 is 16.2 Å². The van der Waals surface area contributed by atoms with Gasteiger partial charge in [-0.15, -0.1) is 12.4 Å². The zero-order valence-electron chi connectivity index (χ0n) is 5.62. The van der Waals surface area contributed by atoms with Gasteiger partial charge in [0.05, 0.1) is 12.6 Å². The molecule has 1 heterocycles. The Balaban J connectivity index is 0.000000810. The van der Waals surface area contributed by atoms with Crippen LogP contribution in [0.4, 0.5) is 0 Å². The number of rotatable bonds is 1. The van der Waals surface area contributed by atoms with Crippen LogP contribution < -0.4 is 11.5 Å². The van der Waals surface area contributed by atoms with Gasteiger partial charge in [0.15, 0.2) is 5.96 Å². The van der Waals surface area contributed by atoms with Crippen LogP contribution in [-0.2, 0) is 4.74 Å². The maximum Gasteiger partial charge on any atom is 0.186 e. The van der Waals surface area contributed by atoms with Gasteiger partial charge in [-0.2, -0.15) is 0 Å². The molecule has 4 nitrogen and oxygen atoms in total. The lowest BCUT2D eigenvalue weighted by Crippen LogP contribution is -2.25. The quantitative estimate of drug-likeness (QED) is 0.405. The van der Waals surface area contributed by atoms with Crippen molar-refractivity contribution in [2.24, 2.45) is 16.5 Å². The Bertz CT molecular complexity index is 118. The van der Waals surface area contributed by atoms with Crippen molar-refractivity contribution >= 4 is 18.4 Å². The lowest BCUT2D eigenvalue weighted by Gasteiger charge is -1.98. The lowest BCUT2D eigenvalue weighted by molar-refractivity contribution is 0.194. The average molecular weight is 166 g/mol. The predicted molar refractivity (Wildman–Crippen MR) is 42.3 cm³/mol. The Hall–Kier alpha value is -0.480. The van der Waals surface area contributed by atoms with Crippen molar-refractivity contribution in [3.63, 3.8) is 0 Å². The highest BCUT2D eigenvalue weighted by atomic mass is 35.5. The summed E-state index contributed by atoms with van der Waals surface area (Å²) in [5, 5.41) is 0. The maximum absolute atomic E-state index is 5.14. The molecular formula is C5H12ClN3O. The summed E-state index contributed by atoms with van der Waals surface area (Å²) in [7, 11) is 0. The highest BCUT2D eigenvalue weighted by Crippen LogP contribution is 2.06. The molecule has 4 N–H and O–H groups in total. The summed E-state index contributed by atoms with van der Waals surface area (Å²) >= 11 is 0.